The molecule has 0 heterocycles. The fourth-order valence-electron chi connectivity index (χ4n) is 6.77. The summed E-state index contributed by atoms with van der Waals surface area (Å²) in [6, 6.07) is 15.6. The van der Waals surface area contributed by atoms with E-state index < -0.39 is 11.6 Å². The first-order valence-corrected chi connectivity index (χ1v) is 14.0. The van der Waals surface area contributed by atoms with Crippen molar-refractivity contribution in [3.63, 3.8) is 0 Å². The van der Waals surface area contributed by atoms with E-state index in [1.54, 1.807) is 18.2 Å². The number of rotatable bonds is 6. The lowest BCUT2D eigenvalue weighted by molar-refractivity contribution is 0.171. The molecular formula is C34H37F3O. The fraction of sp³-hybridized carbons (Fsp3) is 0.412. The summed E-state index contributed by atoms with van der Waals surface area (Å²) in [5, 5.41) is 0. The Bertz CT molecular complexity index is 1260. The van der Waals surface area contributed by atoms with Crippen LogP contribution < -0.4 is 4.74 Å². The molecule has 1 nitrogen and oxygen atoms in total. The van der Waals surface area contributed by atoms with Crippen molar-refractivity contribution >= 4 is 0 Å². The van der Waals surface area contributed by atoms with E-state index in [4.69, 9.17) is 4.74 Å². The molecule has 0 spiro atoms. The Morgan fingerprint density at radius 3 is 1.89 bits per heavy atom. The van der Waals surface area contributed by atoms with Gasteiger partial charge >= 0.3 is 0 Å². The maximum absolute atomic E-state index is 15.3. The van der Waals surface area contributed by atoms with E-state index in [0.717, 1.165) is 47.3 Å². The van der Waals surface area contributed by atoms with Crippen LogP contribution in [0.25, 0.3) is 22.3 Å². The summed E-state index contributed by atoms with van der Waals surface area (Å²) >= 11 is 0. The molecule has 38 heavy (non-hydrogen) atoms. The molecule has 0 aliphatic heterocycles. The molecule has 0 saturated heterocycles. The van der Waals surface area contributed by atoms with Gasteiger partial charge in [-0.05, 0) is 122 Å². The summed E-state index contributed by atoms with van der Waals surface area (Å²) < 4.78 is 48.8. The summed E-state index contributed by atoms with van der Waals surface area (Å²) in [5.74, 6) is 0.474. The monoisotopic (exact) mass is 518 g/mol. The Balaban J connectivity index is 1.23. The largest absolute Gasteiger partial charge is 0.494 e. The predicted molar refractivity (Wildman–Crippen MR) is 149 cm³/mol. The van der Waals surface area contributed by atoms with Crippen molar-refractivity contribution in [2.75, 3.05) is 7.11 Å². The molecule has 0 unspecified atom stereocenters. The lowest BCUT2D eigenvalue weighted by Crippen LogP contribution is -2.25. The number of halogens is 3. The van der Waals surface area contributed by atoms with Gasteiger partial charge in [-0.25, -0.2) is 8.78 Å². The van der Waals surface area contributed by atoms with Crippen molar-refractivity contribution in [2.24, 2.45) is 17.8 Å². The van der Waals surface area contributed by atoms with Gasteiger partial charge in [0.25, 0.3) is 0 Å². The minimum Gasteiger partial charge on any atom is -0.494 e. The summed E-state index contributed by atoms with van der Waals surface area (Å²) in [6.45, 7) is 2.12. The third kappa shape index (κ3) is 5.55. The van der Waals surface area contributed by atoms with Gasteiger partial charge in [0.05, 0.1) is 7.11 Å². The number of methoxy groups -OCH3 is 1. The van der Waals surface area contributed by atoms with E-state index in [1.165, 1.54) is 57.8 Å². The van der Waals surface area contributed by atoms with Crippen molar-refractivity contribution in [3.05, 3.63) is 89.8 Å². The van der Waals surface area contributed by atoms with E-state index in [2.05, 4.69) is 19.1 Å². The predicted octanol–water partition coefficient (Wildman–Crippen LogP) is 10.1. The molecular weight excluding hydrogens is 481 g/mol. The second kappa shape index (κ2) is 11.8. The third-order valence-corrected chi connectivity index (χ3v) is 8.96. The van der Waals surface area contributed by atoms with E-state index in [9.17, 15) is 8.78 Å². The molecule has 2 fully saturated rings. The van der Waals surface area contributed by atoms with Crippen molar-refractivity contribution in [1.29, 1.82) is 0 Å². The van der Waals surface area contributed by atoms with E-state index in [0.29, 0.717) is 5.56 Å². The van der Waals surface area contributed by atoms with E-state index >= 15 is 4.39 Å². The van der Waals surface area contributed by atoms with Crippen LogP contribution in [0, 0.1) is 35.2 Å². The topological polar surface area (TPSA) is 9.23 Å². The number of ether oxygens (including phenoxy) is 1. The smallest absolute Gasteiger partial charge is 0.201 e. The average molecular weight is 519 g/mol. The zero-order valence-corrected chi connectivity index (χ0v) is 22.4. The Morgan fingerprint density at radius 1 is 0.684 bits per heavy atom. The first-order chi connectivity index (χ1) is 18.5. The molecule has 4 heteroatoms. The molecule has 0 N–H and O–H groups in total. The second-order valence-corrected chi connectivity index (χ2v) is 11.1. The van der Waals surface area contributed by atoms with Gasteiger partial charge in [0.15, 0.2) is 11.6 Å². The molecule has 2 saturated carbocycles. The van der Waals surface area contributed by atoms with Crippen LogP contribution in [0.3, 0.4) is 0 Å². The van der Waals surface area contributed by atoms with Gasteiger partial charge in [-0.3, -0.25) is 0 Å². The van der Waals surface area contributed by atoms with Crippen LogP contribution in [0.15, 0.2) is 66.7 Å². The van der Waals surface area contributed by atoms with Gasteiger partial charge in [-0.2, -0.15) is 4.39 Å². The Kier molecular flexibility index (Phi) is 8.26. The minimum absolute atomic E-state index is 0.126. The molecule has 0 amide bonds. The zero-order valence-electron chi connectivity index (χ0n) is 22.4. The van der Waals surface area contributed by atoms with Crippen LogP contribution in [0.5, 0.6) is 5.75 Å². The van der Waals surface area contributed by atoms with E-state index in [1.807, 2.05) is 24.3 Å². The Labute approximate surface area is 224 Å². The van der Waals surface area contributed by atoms with Gasteiger partial charge in [0, 0.05) is 5.56 Å². The van der Waals surface area contributed by atoms with Crippen LogP contribution in [0.4, 0.5) is 13.2 Å². The first-order valence-electron chi connectivity index (χ1n) is 14.0. The molecule has 0 aromatic heterocycles. The van der Waals surface area contributed by atoms with Crippen LogP contribution >= 0.6 is 0 Å². The van der Waals surface area contributed by atoms with Gasteiger partial charge in [0.1, 0.15) is 5.82 Å². The molecule has 3 aromatic rings. The Hall–Kier alpha value is -3.01. The lowest BCUT2D eigenvalue weighted by Gasteiger charge is -2.37. The van der Waals surface area contributed by atoms with Crippen molar-refractivity contribution in [1.82, 2.24) is 0 Å². The highest BCUT2D eigenvalue weighted by Gasteiger charge is 2.31. The average Bonchev–Trinajstić information content (AvgIpc) is 2.95. The molecule has 3 aromatic carbocycles. The third-order valence-electron chi connectivity index (χ3n) is 8.96. The SMILES string of the molecule is C/C=C/C1CCC(C2CCC(c3ccc(-c4ccc(-c5ccc(OC)c(F)c5F)cc4)cc3F)CC2)CC1. The van der Waals surface area contributed by atoms with Crippen molar-refractivity contribution in [2.45, 2.75) is 64.2 Å². The standard InChI is InChI=1S/C34H37F3O/c1-3-4-22-5-7-23(8-6-22)24-9-13-26(14-10-24)29-18-17-28(21-31(29)35)25-11-15-27(16-12-25)30-19-20-32(38-2)34(37)33(30)36/h3-4,11-12,15-24,26H,5-10,13-14H2,1-2H3/b4-3+. The fourth-order valence-corrected chi connectivity index (χ4v) is 6.77. The van der Waals surface area contributed by atoms with Crippen LogP contribution in [0.2, 0.25) is 0 Å². The first kappa shape index (κ1) is 26.6. The number of allylic oxidation sites excluding steroid dienone is 2. The molecule has 2 aliphatic rings. The quantitative estimate of drug-likeness (QED) is 0.295. The summed E-state index contributed by atoms with van der Waals surface area (Å²) in [4.78, 5) is 0. The Morgan fingerprint density at radius 2 is 1.29 bits per heavy atom. The number of benzene rings is 3. The van der Waals surface area contributed by atoms with Crippen molar-refractivity contribution < 1.29 is 17.9 Å². The van der Waals surface area contributed by atoms with Gasteiger partial charge in [0.2, 0.25) is 5.82 Å². The highest BCUT2D eigenvalue weighted by Crippen LogP contribution is 2.45. The minimum atomic E-state index is -1.00. The number of hydrogen-bond acceptors (Lipinski definition) is 1. The lowest BCUT2D eigenvalue weighted by atomic mass is 9.68. The molecule has 200 valence electrons. The van der Waals surface area contributed by atoms with Gasteiger partial charge in [-0.15, -0.1) is 0 Å². The maximum atomic E-state index is 15.3. The van der Waals surface area contributed by atoms with Crippen molar-refractivity contribution in [3.8, 4) is 28.0 Å². The molecule has 5 rings (SSSR count). The summed E-state index contributed by atoms with van der Waals surface area (Å²) in [5.41, 5.74) is 3.17. The molecule has 0 bridgehead atoms. The summed E-state index contributed by atoms with van der Waals surface area (Å²) in [6.07, 6.45) is 14.4. The summed E-state index contributed by atoms with van der Waals surface area (Å²) in [7, 11) is 1.31. The van der Waals surface area contributed by atoms with Gasteiger partial charge in [-0.1, -0.05) is 48.6 Å². The van der Waals surface area contributed by atoms with E-state index in [-0.39, 0.29) is 23.0 Å². The zero-order chi connectivity index (χ0) is 26.6. The molecule has 0 atom stereocenters. The van der Waals surface area contributed by atoms with Crippen LogP contribution in [0.1, 0.15) is 69.8 Å². The van der Waals surface area contributed by atoms with Crippen LogP contribution in [-0.2, 0) is 0 Å². The van der Waals surface area contributed by atoms with Gasteiger partial charge < -0.3 is 4.74 Å². The second-order valence-electron chi connectivity index (χ2n) is 11.1. The number of hydrogen-bond donors (Lipinski definition) is 0. The highest BCUT2D eigenvalue weighted by atomic mass is 19.2. The molecule has 0 radical (unpaired) electrons. The molecule has 2 aliphatic carbocycles. The highest BCUT2D eigenvalue weighted by molar-refractivity contribution is 5.71. The van der Waals surface area contributed by atoms with Crippen LogP contribution in [-0.4, -0.2) is 7.11 Å². The maximum Gasteiger partial charge on any atom is 0.201 e. The normalized spacial score (nSPS) is 24.0.